The molecule has 116 valence electrons. The molecule has 0 fully saturated rings. The lowest BCUT2D eigenvalue weighted by Crippen LogP contribution is -2.37. The van der Waals surface area contributed by atoms with Crippen LogP contribution < -0.4 is 0 Å². The minimum absolute atomic E-state index is 0.0995. The van der Waals surface area contributed by atoms with Crippen molar-refractivity contribution in [2.75, 3.05) is 26.2 Å². The Balaban J connectivity index is 2.72. The lowest BCUT2D eigenvalue weighted by Gasteiger charge is -2.22. The van der Waals surface area contributed by atoms with Gasteiger partial charge in [-0.25, -0.2) is 0 Å². The van der Waals surface area contributed by atoms with Crippen molar-refractivity contribution in [3.8, 4) is 5.75 Å². The smallest absolute Gasteiger partial charge is 0.264 e. The second-order valence-corrected chi connectivity index (χ2v) is 4.87. The number of para-hydroxylation sites is 1. The topological polar surface area (TPSA) is 60.9 Å². The third-order valence-corrected chi connectivity index (χ3v) is 3.51. The van der Waals surface area contributed by atoms with E-state index in [0.29, 0.717) is 6.54 Å². The molecule has 0 aliphatic carbocycles. The Morgan fingerprint density at radius 1 is 1.10 bits per heavy atom. The highest BCUT2D eigenvalue weighted by molar-refractivity contribution is 6.05. The van der Waals surface area contributed by atoms with Gasteiger partial charge < -0.3 is 10.0 Å². The van der Waals surface area contributed by atoms with Crippen LogP contribution in [0.25, 0.3) is 0 Å². The van der Waals surface area contributed by atoms with Crippen LogP contribution in [0.1, 0.15) is 37.6 Å². The van der Waals surface area contributed by atoms with Crippen LogP contribution in [0.3, 0.4) is 0 Å². The van der Waals surface area contributed by atoms with Crippen molar-refractivity contribution in [2.45, 2.75) is 27.2 Å². The second kappa shape index (κ2) is 8.42. The van der Waals surface area contributed by atoms with Gasteiger partial charge in [-0.15, -0.1) is 0 Å². The molecule has 0 aliphatic rings. The molecule has 0 heterocycles. The third-order valence-electron chi connectivity index (χ3n) is 3.51. The number of hydrogen-bond donors (Lipinski definition) is 1. The number of hydrogen-bond acceptors (Lipinski definition) is 4. The molecule has 21 heavy (non-hydrogen) atoms. The van der Waals surface area contributed by atoms with Gasteiger partial charge in [-0.05, 0) is 38.2 Å². The standard InChI is InChI=1S/C16H24N2O3/c1-4-17(5-2)11-8-12-18(13(3)19)16(21)14-9-6-7-10-15(14)20/h6-7,9-10,20H,4-5,8,11-12H2,1-3H3. The fourth-order valence-electron chi connectivity index (χ4n) is 2.19. The number of phenolic OH excluding ortho intramolecular Hbond substituents is 1. The summed E-state index contributed by atoms with van der Waals surface area (Å²) in [5.74, 6) is -0.847. The zero-order valence-corrected chi connectivity index (χ0v) is 13.0. The molecule has 0 aromatic heterocycles. The first-order valence-electron chi connectivity index (χ1n) is 7.34. The maximum Gasteiger partial charge on any atom is 0.264 e. The average Bonchev–Trinajstić information content (AvgIpc) is 2.47. The molecule has 1 N–H and O–H groups in total. The Morgan fingerprint density at radius 2 is 1.71 bits per heavy atom. The van der Waals surface area contributed by atoms with E-state index >= 15 is 0 Å². The number of carbonyl (C=O) groups excluding carboxylic acids is 2. The number of aromatic hydroxyl groups is 1. The second-order valence-electron chi connectivity index (χ2n) is 4.87. The van der Waals surface area contributed by atoms with E-state index in [1.54, 1.807) is 12.1 Å². The van der Waals surface area contributed by atoms with Crippen LogP contribution in [0.5, 0.6) is 5.75 Å². The first kappa shape index (κ1) is 17.2. The summed E-state index contributed by atoms with van der Waals surface area (Å²) < 4.78 is 0. The quantitative estimate of drug-likeness (QED) is 0.836. The van der Waals surface area contributed by atoms with E-state index < -0.39 is 5.91 Å². The molecule has 1 rings (SSSR count). The van der Waals surface area contributed by atoms with Crippen LogP contribution in [0, 0.1) is 0 Å². The SMILES string of the molecule is CCN(CC)CCCN(C(C)=O)C(=O)c1ccccc1O. The molecule has 0 atom stereocenters. The number of phenols is 1. The predicted octanol–water partition coefficient (Wildman–Crippen LogP) is 2.11. The van der Waals surface area contributed by atoms with Crippen LogP contribution in [0.2, 0.25) is 0 Å². The highest BCUT2D eigenvalue weighted by Crippen LogP contribution is 2.18. The van der Waals surface area contributed by atoms with E-state index in [4.69, 9.17) is 0 Å². The predicted molar refractivity (Wildman–Crippen MR) is 82.2 cm³/mol. The summed E-state index contributed by atoms with van der Waals surface area (Å²) in [6, 6.07) is 6.28. The molecule has 5 heteroatoms. The van der Waals surface area contributed by atoms with Gasteiger partial charge in [-0.1, -0.05) is 26.0 Å². The lowest BCUT2D eigenvalue weighted by atomic mass is 10.1. The Labute approximate surface area is 126 Å². The zero-order valence-electron chi connectivity index (χ0n) is 13.0. The molecule has 1 aromatic carbocycles. The molecular formula is C16H24N2O3. The van der Waals surface area contributed by atoms with Gasteiger partial charge in [-0.3, -0.25) is 14.5 Å². The minimum Gasteiger partial charge on any atom is -0.507 e. The molecule has 0 saturated carbocycles. The molecule has 5 nitrogen and oxygen atoms in total. The number of nitrogens with zero attached hydrogens (tertiary/aromatic N) is 2. The van der Waals surface area contributed by atoms with Crippen molar-refractivity contribution >= 4 is 11.8 Å². The maximum atomic E-state index is 12.4. The van der Waals surface area contributed by atoms with Crippen molar-refractivity contribution in [3.05, 3.63) is 29.8 Å². The normalized spacial score (nSPS) is 10.7. The summed E-state index contributed by atoms with van der Waals surface area (Å²) in [6.07, 6.45) is 0.723. The van der Waals surface area contributed by atoms with E-state index in [0.717, 1.165) is 26.1 Å². The molecule has 1 aromatic rings. The molecule has 0 unspecified atom stereocenters. The Kier molecular flexibility index (Phi) is 6.88. The van der Waals surface area contributed by atoms with E-state index in [-0.39, 0.29) is 17.2 Å². The molecule has 0 radical (unpaired) electrons. The monoisotopic (exact) mass is 292 g/mol. The molecular weight excluding hydrogens is 268 g/mol. The zero-order chi connectivity index (χ0) is 15.8. The van der Waals surface area contributed by atoms with Gasteiger partial charge in [0.15, 0.2) is 0 Å². The van der Waals surface area contributed by atoms with Crippen LogP contribution in [0.15, 0.2) is 24.3 Å². The lowest BCUT2D eigenvalue weighted by molar-refractivity contribution is -0.126. The fourth-order valence-corrected chi connectivity index (χ4v) is 2.19. The van der Waals surface area contributed by atoms with Crippen molar-refractivity contribution in [3.63, 3.8) is 0 Å². The van der Waals surface area contributed by atoms with Crippen molar-refractivity contribution in [2.24, 2.45) is 0 Å². The van der Waals surface area contributed by atoms with Gasteiger partial charge >= 0.3 is 0 Å². The van der Waals surface area contributed by atoms with E-state index in [1.807, 2.05) is 0 Å². The number of rotatable bonds is 7. The Hall–Kier alpha value is -1.88. The van der Waals surface area contributed by atoms with E-state index in [9.17, 15) is 14.7 Å². The number of amides is 2. The summed E-state index contributed by atoms with van der Waals surface area (Å²) in [7, 11) is 0. The van der Waals surface area contributed by atoms with Gasteiger partial charge in [0.2, 0.25) is 5.91 Å². The number of imide groups is 1. The van der Waals surface area contributed by atoms with Gasteiger partial charge in [0.1, 0.15) is 5.75 Å². The van der Waals surface area contributed by atoms with Crippen molar-refractivity contribution in [1.82, 2.24) is 9.80 Å². The first-order chi connectivity index (χ1) is 10.0. The number of carbonyl (C=O) groups is 2. The molecule has 0 saturated heterocycles. The van der Waals surface area contributed by atoms with E-state index in [2.05, 4.69) is 18.7 Å². The summed E-state index contributed by atoms with van der Waals surface area (Å²) in [4.78, 5) is 27.5. The highest BCUT2D eigenvalue weighted by Gasteiger charge is 2.21. The average molecular weight is 292 g/mol. The summed E-state index contributed by atoms with van der Waals surface area (Å²) in [5, 5.41) is 9.73. The third kappa shape index (κ3) is 4.86. The summed E-state index contributed by atoms with van der Waals surface area (Å²) >= 11 is 0. The fraction of sp³-hybridized carbons (Fsp3) is 0.500. The largest absolute Gasteiger partial charge is 0.507 e. The highest BCUT2D eigenvalue weighted by atomic mass is 16.3. The van der Waals surface area contributed by atoms with Crippen molar-refractivity contribution in [1.29, 1.82) is 0 Å². The Bertz CT molecular complexity index is 484. The van der Waals surface area contributed by atoms with Gasteiger partial charge in [-0.2, -0.15) is 0 Å². The summed E-state index contributed by atoms with van der Waals surface area (Å²) in [6.45, 7) is 8.63. The van der Waals surface area contributed by atoms with Crippen LogP contribution in [-0.2, 0) is 4.79 Å². The number of benzene rings is 1. The summed E-state index contributed by atoms with van der Waals surface area (Å²) in [5.41, 5.74) is 0.163. The molecule has 0 aliphatic heterocycles. The van der Waals surface area contributed by atoms with E-state index in [1.165, 1.54) is 24.0 Å². The van der Waals surface area contributed by atoms with Gasteiger partial charge in [0, 0.05) is 13.5 Å². The molecule has 2 amide bonds. The van der Waals surface area contributed by atoms with Gasteiger partial charge in [0.05, 0.1) is 5.56 Å². The van der Waals surface area contributed by atoms with Gasteiger partial charge in [0.25, 0.3) is 5.91 Å². The Morgan fingerprint density at radius 3 is 2.24 bits per heavy atom. The minimum atomic E-state index is -0.444. The first-order valence-corrected chi connectivity index (χ1v) is 7.34. The molecule has 0 bridgehead atoms. The molecule has 0 spiro atoms. The van der Waals surface area contributed by atoms with Crippen molar-refractivity contribution < 1.29 is 14.7 Å². The maximum absolute atomic E-state index is 12.4. The van der Waals surface area contributed by atoms with Crippen LogP contribution >= 0.6 is 0 Å². The van der Waals surface area contributed by atoms with Crippen LogP contribution in [0.4, 0.5) is 0 Å². The van der Waals surface area contributed by atoms with Crippen LogP contribution in [-0.4, -0.2) is 52.9 Å².